The van der Waals surface area contributed by atoms with Gasteiger partial charge in [0.05, 0.1) is 11.8 Å². The lowest BCUT2D eigenvalue weighted by Crippen LogP contribution is -2.33. The van der Waals surface area contributed by atoms with Crippen molar-refractivity contribution in [1.29, 1.82) is 0 Å². The first-order valence-corrected chi connectivity index (χ1v) is 4.49. The van der Waals surface area contributed by atoms with Gasteiger partial charge in [0.2, 0.25) is 11.8 Å². The van der Waals surface area contributed by atoms with Crippen molar-refractivity contribution in [3.05, 3.63) is 0 Å². The molecule has 2 aliphatic heterocycles. The highest BCUT2D eigenvalue weighted by molar-refractivity contribution is 6.05. The number of rotatable bonds is 2. The molecule has 5 heteroatoms. The van der Waals surface area contributed by atoms with Gasteiger partial charge in [0, 0.05) is 26.2 Å². The minimum atomic E-state index is -0.126. The molecule has 72 valence electrons. The maximum atomic E-state index is 11.2. The number of carbonyl (C=O) groups is 2. The minimum Gasteiger partial charge on any atom is -0.329 e. The number of hydrogen-bond acceptors (Lipinski definition) is 4. The summed E-state index contributed by atoms with van der Waals surface area (Å²) in [5.74, 6) is -0.484. The third-order valence-corrected chi connectivity index (χ3v) is 2.76. The number of imide groups is 1. The van der Waals surface area contributed by atoms with E-state index in [1.54, 1.807) is 0 Å². The second kappa shape index (κ2) is 3.08. The van der Waals surface area contributed by atoms with Crippen molar-refractivity contribution < 1.29 is 9.59 Å². The SMILES string of the molecule is NCCN1C[C@@H]2C(=O)NC(=O)[C@H]2C1. The zero-order chi connectivity index (χ0) is 9.42. The molecule has 5 nitrogen and oxygen atoms in total. The Hall–Kier alpha value is -0.940. The number of likely N-dealkylation sites (tertiary alicyclic amines) is 1. The number of amides is 2. The van der Waals surface area contributed by atoms with Gasteiger partial charge in [0.1, 0.15) is 0 Å². The fourth-order valence-electron chi connectivity index (χ4n) is 2.09. The molecule has 0 unspecified atom stereocenters. The van der Waals surface area contributed by atoms with E-state index in [4.69, 9.17) is 5.73 Å². The monoisotopic (exact) mass is 183 g/mol. The molecule has 2 fully saturated rings. The van der Waals surface area contributed by atoms with Crippen LogP contribution < -0.4 is 11.1 Å². The summed E-state index contributed by atoms with van der Waals surface area (Å²) in [6.07, 6.45) is 0. The second-order valence-corrected chi connectivity index (χ2v) is 3.61. The first kappa shape index (κ1) is 8.65. The lowest BCUT2D eigenvalue weighted by molar-refractivity contribution is -0.126. The predicted molar refractivity (Wildman–Crippen MR) is 45.6 cm³/mol. The third-order valence-electron chi connectivity index (χ3n) is 2.76. The van der Waals surface area contributed by atoms with E-state index in [2.05, 4.69) is 10.2 Å². The molecular formula is C8H13N3O2. The van der Waals surface area contributed by atoms with Crippen LogP contribution in [0.2, 0.25) is 0 Å². The van der Waals surface area contributed by atoms with Crippen molar-refractivity contribution >= 4 is 11.8 Å². The van der Waals surface area contributed by atoms with E-state index >= 15 is 0 Å². The molecule has 2 aliphatic rings. The van der Waals surface area contributed by atoms with Gasteiger partial charge in [-0.1, -0.05) is 0 Å². The zero-order valence-electron chi connectivity index (χ0n) is 7.32. The molecule has 0 bridgehead atoms. The van der Waals surface area contributed by atoms with Crippen LogP contribution in [0.5, 0.6) is 0 Å². The Morgan fingerprint density at radius 2 is 1.85 bits per heavy atom. The Balaban J connectivity index is 2.04. The summed E-state index contributed by atoms with van der Waals surface area (Å²) in [6.45, 7) is 2.71. The Bertz CT molecular complexity index is 232. The molecule has 2 saturated heterocycles. The Morgan fingerprint density at radius 1 is 1.31 bits per heavy atom. The molecule has 0 radical (unpaired) electrons. The molecule has 13 heavy (non-hydrogen) atoms. The number of carbonyl (C=O) groups excluding carboxylic acids is 2. The maximum absolute atomic E-state index is 11.2. The van der Waals surface area contributed by atoms with Crippen molar-refractivity contribution in [1.82, 2.24) is 10.2 Å². The first-order valence-electron chi connectivity index (χ1n) is 4.49. The van der Waals surface area contributed by atoms with Gasteiger partial charge in [0.25, 0.3) is 0 Å². The number of hydrogen-bond donors (Lipinski definition) is 2. The van der Waals surface area contributed by atoms with E-state index in [0.717, 1.165) is 6.54 Å². The zero-order valence-corrected chi connectivity index (χ0v) is 7.32. The highest BCUT2D eigenvalue weighted by Crippen LogP contribution is 2.27. The summed E-state index contributed by atoms with van der Waals surface area (Å²) in [4.78, 5) is 24.5. The summed E-state index contributed by atoms with van der Waals surface area (Å²) in [6, 6.07) is 0. The minimum absolute atomic E-state index is 0.116. The van der Waals surface area contributed by atoms with Crippen LogP contribution in [-0.4, -0.2) is 42.9 Å². The van der Waals surface area contributed by atoms with Crippen LogP contribution in [0.15, 0.2) is 0 Å². The van der Waals surface area contributed by atoms with Crippen molar-refractivity contribution in [2.45, 2.75) is 0 Å². The summed E-state index contributed by atoms with van der Waals surface area (Å²) in [5, 5.41) is 2.35. The smallest absolute Gasteiger partial charge is 0.231 e. The van der Waals surface area contributed by atoms with E-state index in [9.17, 15) is 9.59 Å². The van der Waals surface area contributed by atoms with Crippen molar-refractivity contribution in [3.63, 3.8) is 0 Å². The molecule has 0 aromatic carbocycles. The standard InChI is InChI=1S/C8H13N3O2/c9-1-2-11-3-5-6(4-11)8(13)10-7(5)12/h5-6H,1-4,9H2,(H,10,12,13)/t5-,6-/m0/s1. The average Bonchev–Trinajstić information content (AvgIpc) is 2.57. The number of nitrogens with zero attached hydrogens (tertiary/aromatic N) is 1. The van der Waals surface area contributed by atoms with E-state index in [1.807, 2.05) is 0 Å². The van der Waals surface area contributed by atoms with Crippen LogP contribution in [0.3, 0.4) is 0 Å². The van der Waals surface area contributed by atoms with Gasteiger partial charge < -0.3 is 10.6 Å². The van der Waals surface area contributed by atoms with Gasteiger partial charge >= 0.3 is 0 Å². The predicted octanol–water partition coefficient (Wildman–Crippen LogP) is -1.85. The van der Waals surface area contributed by atoms with Crippen LogP contribution in [0.4, 0.5) is 0 Å². The average molecular weight is 183 g/mol. The molecule has 2 rings (SSSR count). The molecule has 0 aromatic heterocycles. The van der Waals surface area contributed by atoms with Crippen LogP contribution in [-0.2, 0) is 9.59 Å². The number of nitrogens with two attached hydrogens (primary N) is 1. The largest absolute Gasteiger partial charge is 0.329 e. The quantitative estimate of drug-likeness (QED) is 0.493. The Morgan fingerprint density at radius 3 is 2.31 bits per heavy atom. The summed E-state index contributed by atoms with van der Waals surface area (Å²) < 4.78 is 0. The van der Waals surface area contributed by atoms with Gasteiger partial charge in [-0.3, -0.25) is 14.9 Å². The van der Waals surface area contributed by atoms with E-state index in [-0.39, 0.29) is 23.7 Å². The summed E-state index contributed by atoms with van der Waals surface area (Å²) in [7, 11) is 0. The van der Waals surface area contributed by atoms with Crippen LogP contribution in [0.25, 0.3) is 0 Å². The van der Waals surface area contributed by atoms with Crippen LogP contribution in [0, 0.1) is 11.8 Å². The van der Waals surface area contributed by atoms with Crippen LogP contribution >= 0.6 is 0 Å². The lowest BCUT2D eigenvalue weighted by atomic mass is 10.00. The van der Waals surface area contributed by atoms with Crippen LogP contribution in [0.1, 0.15) is 0 Å². The second-order valence-electron chi connectivity index (χ2n) is 3.61. The fraction of sp³-hybridized carbons (Fsp3) is 0.750. The first-order chi connectivity index (χ1) is 6.22. The summed E-state index contributed by atoms with van der Waals surface area (Å²) in [5.41, 5.74) is 5.40. The molecule has 0 aromatic rings. The van der Waals surface area contributed by atoms with Crippen molar-refractivity contribution in [2.75, 3.05) is 26.2 Å². The van der Waals surface area contributed by atoms with Gasteiger partial charge in [-0.25, -0.2) is 0 Å². The molecule has 2 atom stereocenters. The molecule has 0 aliphatic carbocycles. The fourth-order valence-corrected chi connectivity index (χ4v) is 2.09. The maximum Gasteiger partial charge on any atom is 0.231 e. The highest BCUT2D eigenvalue weighted by Gasteiger charge is 2.47. The molecular weight excluding hydrogens is 170 g/mol. The van der Waals surface area contributed by atoms with E-state index in [1.165, 1.54) is 0 Å². The summed E-state index contributed by atoms with van der Waals surface area (Å²) >= 11 is 0. The normalized spacial score (nSPS) is 33.6. The third kappa shape index (κ3) is 1.34. The number of fused-ring (bicyclic) bond motifs is 1. The molecule has 2 amide bonds. The van der Waals surface area contributed by atoms with E-state index < -0.39 is 0 Å². The Labute approximate surface area is 76.3 Å². The molecule has 2 heterocycles. The molecule has 3 N–H and O–H groups in total. The molecule has 0 spiro atoms. The number of nitrogens with one attached hydrogen (secondary N) is 1. The van der Waals surface area contributed by atoms with E-state index in [0.29, 0.717) is 19.6 Å². The Kier molecular flexibility index (Phi) is 2.05. The van der Waals surface area contributed by atoms with Gasteiger partial charge in [-0.2, -0.15) is 0 Å². The highest BCUT2D eigenvalue weighted by atomic mass is 16.2. The van der Waals surface area contributed by atoms with Gasteiger partial charge in [-0.05, 0) is 0 Å². The topological polar surface area (TPSA) is 75.4 Å². The van der Waals surface area contributed by atoms with Gasteiger partial charge in [0.15, 0.2) is 0 Å². The molecule has 0 saturated carbocycles. The van der Waals surface area contributed by atoms with Crippen molar-refractivity contribution in [2.24, 2.45) is 17.6 Å². The van der Waals surface area contributed by atoms with Gasteiger partial charge in [-0.15, -0.1) is 0 Å². The van der Waals surface area contributed by atoms with Crippen molar-refractivity contribution in [3.8, 4) is 0 Å². The lowest BCUT2D eigenvalue weighted by Gasteiger charge is -2.14.